The Hall–Kier alpha value is -2.47. The van der Waals surface area contributed by atoms with Gasteiger partial charge < -0.3 is 9.55 Å². The number of imidazole rings is 1. The lowest BCUT2D eigenvalue weighted by Crippen LogP contribution is -2.24. The summed E-state index contributed by atoms with van der Waals surface area (Å²) in [7, 11) is 2.05. The summed E-state index contributed by atoms with van der Waals surface area (Å²) in [5, 5.41) is 0.634. The number of hydrogen-bond donors (Lipinski definition) is 1. The van der Waals surface area contributed by atoms with Crippen LogP contribution in [-0.2, 0) is 13.1 Å². The Kier molecular flexibility index (Phi) is 4.84. The van der Waals surface area contributed by atoms with E-state index in [2.05, 4.69) is 24.4 Å². The Morgan fingerprint density at radius 3 is 2.85 bits per heavy atom. The molecule has 0 bridgehead atoms. The van der Waals surface area contributed by atoms with Gasteiger partial charge in [-0.25, -0.2) is 9.97 Å². The molecule has 0 amide bonds. The second-order valence-corrected chi connectivity index (χ2v) is 7.29. The number of para-hydroxylation sites is 1. The molecular weight excluding hydrogens is 326 g/mol. The van der Waals surface area contributed by atoms with E-state index in [4.69, 9.17) is 0 Å². The molecule has 1 fully saturated rings. The van der Waals surface area contributed by atoms with Gasteiger partial charge in [0.1, 0.15) is 5.82 Å². The first kappa shape index (κ1) is 17.0. The number of fused-ring (bicyclic) bond motifs is 1. The quantitative estimate of drug-likeness (QED) is 0.766. The maximum absolute atomic E-state index is 12.2. The molecule has 0 saturated heterocycles. The van der Waals surface area contributed by atoms with Gasteiger partial charge in [-0.2, -0.15) is 0 Å². The lowest BCUT2D eigenvalue weighted by Gasteiger charge is -2.26. The fourth-order valence-electron chi connectivity index (χ4n) is 3.94. The van der Waals surface area contributed by atoms with Crippen LogP contribution >= 0.6 is 0 Å². The van der Waals surface area contributed by atoms with Crippen molar-refractivity contribution >= 4 is 10.9 Å². The highest BCUT2D eigenvalue weighted by atomic mass is 16.1. The first-order valence-corrected chi connectivity index (χ1v) is 9.38. The zero-order chi connectivity index (χ0) is 17.9. The van der Waals surface area contributed by atoms with Crippen LogP contribution in [0.2, 0.25) is 0 Å². The van der Waals surface area contributed by atoms with E-state index in [0.29, 0.717) is 23.8 Å². The fraction of sp³-hybridized carbons (Fsp3) is 0.450. The van der Waals surface area contributed by atoms with Crippen molar-refractivity contribution in [1.29, 1.82) is 0 Å². The summed E-state index contributed by atoms with van der Waals surface area (Å²) in [5.74, 6) is 0.694. The average molecular weight is 351 g/mol. The van der Waals surface area contributed by atoms with E-state index >= 15 is 0 Å². The van der Waals surface area contributed by atoms with Crippen molar-refractivity contribution < 1.29 is 0 Å². The van der Waals surface area contributed by atoms with Crippen molar-refractivity contribution in [3.8, 4) is 0 Å². The molecule has 0 radical (unpaired) electrons. The van der Waals surface area contributed by atoms with Crippen LogP contribution in [0.25, 0.3) is 10.9 Å². The van der Waals surface area contributed by atoms with Crippen molar-refractivity contribution in [2.24, 2.45) is 0 Å². The SMILES string of the molecule is CN(Cc1nc2ccccc2c(=O)[nH]1)Cc1cncn1C1CCCCC1. The molecule has 1 N–H and O–H groups in total. The van der Waals surface area contributed by atoms with Gasteiger partial charge in [0.25, 0.3) is 5.56 Å². The number of nitrogens with one attached hydrogen (secondary N) is 1. The minimum atomic E-state index is -0.0775. The number of benzene rings is 1. The maximum atomic E-state index is 12.2. The largest absolute Gasteiger partial charge is 0.330 e. The van der Waals surface area contributed by atoms with Gasteiger partial charge in [0.05, 0.1) is 29.5 Å². The van der Waals surface area contributed by atoms with E-state index in [9.17, 15) is 4.79 Å². The maximum Gasteiger partial charge on any atom is 0.258 e. The monoisotopic (exact) mass is 351 g/mol. The standard InChI is InChI=1S/C20H25N5O/c1-24(12-16-11-21-14-25(16)15-7-3-2-4-8-15)13-19-22-18-10-6-5-9-17(18)20(26)23-19/h5-6,9-11,14-15H,2-4,7-8,12-13H2,1H3,(H,22,23,26). The van der Waals surface area contributed by atoms with Gasteiger partial charge in [-0.3, -0.25) is 9.69 Å². The van der Waals surface area contributed by atoms with Gasteiger partial charge in [-0.1, -0.05) is 31.4 Å². The van der Waals surface area contributed by atoms with Crippen LogP contribution in [0.15, 0.2) is 41.6 Å². The van der Waals surface area contributed by atoms with E-state index in [1.54, 1.807) is 6.07 Å². The highest BCUT2D eigenvalue weighted by Gasteiger charge is 2.18. The molecule has 1 aliphatic carbocycles. The Balaban J connectivity index is 1.49. The second kappa shape index (κ2) is 7.41. The molecule has 2 aromatic heterocycles. The molecule has 1 aliphatic rings. The van der Waals surface area contributed by atoms with Gasteiger partial charge >= 0.3 is 0 Å². The first-order valence-electron chi connectivity index (χ1n) is 9.38. The highest BCUT2D eigenvalue weighted by molar-refractivity contribution is 5.77. The summed E-state index contributed by atoms with van der Waals surface area (Å²) < 4.78 is 2.34. The van der Waals surface area contributed by atoms with Crippen LogP contribution in [0.1, 0.15) is 49.7 Å². The minimum absolute atomic E-state index is 0.0775. The zero-order valence-electron chi connectivity index (χ0n) is 15.2. The lowest BCUT2D eigenvalue weighted by molar-refractivity contribution is 0.285. The molecule has 0 aliphatic heterocycles. The number of aromatic amines is 1. The predicted octanol–water partition coefficient (Wildman–Crippen LogP) is 3.26. The van der Waals surface area contributed by atoms with Gasteiger partial charge in [-0.15, -0.1) is 0 Å². The normalized spacial score (nSPS) is 15.8. The Labute approximate surface area is 152 Å². The minimum Gasteiger partial charge on any atom is -0.330 e. The third-order valence-electron chi connectivity index (χ3n) is 5.23. The van der Waals surface area contributed by atoms with Gasteiger partial charge in [0.15, 0.2) is 0 Å². The Morgan fingerprint density at radius 1 is 1.19 bits per heavy atom. The fourth-order valence-corrected chi connectivity index (χ4v) is 3.94. The van der Waals surface area contributed by atoms with E-state index in [1.165, 1.54) is 37.8 Å². The summed E-state index contributed by atoms with van der Waals surface area (Å²) in [5.41, 5.74) is 1.89. The number of aromatic nitrogens is 4. The van der Waals surface area contributed by atoms with E-state index in [-0.39, 0.29) is 5.56 Å². The van der Waals surface area contributed by atoms with Crippen LogP contribution in [0.5, 0.6) is 0 Å². The third kappa shape index (κ3) is 3.55. The summed E-state index contributed by atoms with van der Waals surface area (Å²) in [4.78, 5) is 26.3. The molecule has 6 heteroatoms. The van der Waals surface area contributed by atoms with Crippen molar-refractivity contribution in [2.75, 3.05) is 7.05 Å². The lowest BCUT2D eigenvalue weighted by atomic mass is 9.95. The number of H-pyrrole nitrogens is 1. The summed E-state index contributed by atoms with van der Waals surface area (Å²) in [6.07, 6.45) is 10.4. The molecule has 0 atom stereocenters. The van der Waals surface area contributed by atoms with Crippen LogP contribution < -0.4 is 5.56 Å². The van der Waals surface area contributed by atoms with E-state index in [0.717, 1.165) is 12.1 Å². The van der Waals surface area contributed by atoms with Crippen molar-refractivity contribution in [3.05, 3.63) is 58.7 Å². The molecule has 0 spiro atoms. The molecule has 2 heterocycles. The topological polar surface area (TPSA) is 66.8 Å². The van der Waals surface area contributed by atoms with Crippen LogP contribution in [0.4, 0.5) is 0 Å². The predicted molar refractivity (Wildman–Crippen MR) is 102 cm³/mol. The molecule has 6 nitrogen and oxygen atoms in total. The highest BCUT2D eigenvalue weighted by Crippen LogP contribution is 2.29. The summed E-state index contributed by atoms with van der Waals surface area (Å²) in [6.45, 7) is 1.38. The van der Waals surface area contributed by atoms with Crippen molar-refractivity contribution in [1.82, 2.24) is 24.4 Å². The third-order valence-corrected chi connectivity index (χ3v) is 5.23. The van der Waals surface area contributed by atoms with Gasteiger partial charge in [0.2, 0.25) is 0 Å². The average Bonchev–Trinajstić information content (AvgIpc) is 3.10. The Bertz CT molecular complexity index is 939. The van der Waals surface area contributed by atoms with Crippen LogP contribution in [-0.4, -0.2) is 31.5 Å². The molecule has 0 unspecified atom stereocenters. The molecule has 26 heavy (non-hydrogen) atoms. The number of rotatable bonds is 5. The molecule has 1 aromatic carbocycles. The van der Waals surface area contributed by atoms with E-state index in [1.807, 2.05) is 37.8 Å². The van der Waals surface area contributed by atoms with Crippen LogP contribution in [0, 0.1) is 0 Å². The van der Waals surface area contributed by atoms with Crippen molar-refractivity contribution in [2.45, 2.75) is 51.2 Å². The zero-order valence-corrected chi connectivity index (χ0v) is 15.2. The smallest absolute Gasteiger partial charge is 0.258 e. The second-order valence-electron chi connectivity index (χ2n) is 7.29. The number of hydrogen-bond acceptors (Lipinski definition) is 4. The Morgan fingerprint density at radius 2 is 2.00 bits per heavy atom. The summed E-state index contributed by atoms with van der Waals surface area (Å²) >= 11 is 0. The molecule has 3 aromatic rings. The number of nitrogens with zero attached hydrogens (tertiary/aromatic N) is 4. The van der Waals surface area contributed by atoms with E-state index < -0.39 is 0 Å². The molecule has 4 rings (SSSR count). The van der Waals surface area contributed by atoms with Gasteiger partial charge in [-0.05, 0) is 32.0 Å². The van der Waals surface area contributed by atoms with Gasteiger partial charge in [0, 0.05) is 18.8 Å². The first-order chi connectivity index (χ1) is 12.7. The molecule has 1 saturated carbocycles. The molecule has 136 valence electrons. The summed E-state index contributed by atoms with van der Waals surface area (Å²) in [6, 6.07) is 8.03. The van der Waals surface area contributed by atoms with Crippen molar-refractivity contribution in [3.63, 3.8) is 0 Å². The van der Waals surface area contributed by atoms with Crippen LogP contribution in [0.3, 0.4) is 0 Å². The molecular formula is C20H25N5O.